The van der Waals surface area contributed by atoms with E-state index in [9.17, 15) is 0 Å². The first kappa shape index (κ1) is 10.3. The number of ether oxygens (including phenoxy) is 1. The molecular formula is C14H11NOS. The second kappa shape index (κ2) is 4.18. The fourth-order valence-corrected chi connectivity index (χ4v) is 2.64. The zero-order chi connectivity index (χ0) is 11.7. The van der Waals surface area contributed by atoms with Gasteiger partial charge in [0.05, 0.1) is 17.5 Å². The molecule has 17 heavy (non-hydrogen) atoms. The van der Waals surface area contributed by atoms with Crippen LogP contribution in [0, 0.1) is 0 Å². The molecule has 2 aromatic carbocycles. The number of hydrogen-bond donors (Lipinski definition) is 0. The minimum Gasteiger partial charge on any atom is -0.497 e. The van der Waals surface area contributed by atoms with E-state index in [0.717, 1.165) is 17.0 Å². The van der Waals surface area contributed by atoms with Gasteiger partial charge in [-0.3, -0.25) is 0 Å². The van der Waals surface area contributed by atoms with E-state index in [1.54, 1.807) is 7.11 Å². The van der Waals surface area contributed by atoms with Crippen LogP contribution in [-0.2, 0) is 0 Å². The van der Waals surface area contributed by atoms with Crippen molar-refractivity contribution < 1.29 is 4.74 Å². The Morgan fingerprint density at radius 1 is 1.00 bits per heavy atom. The van der Waals surface area contributed by atoms with Crippen molar-refractivity contribution in [1.82, 2.24) is 4.37 Å². The average Bonchev–Trinajstić information content (AvgIpc) is 2.83. The van der Waals surface area contributed by atoms with Gasteiger partial charge in [-0.15, -0.1) is 0 Å². The van der Waals surface area contributed by atoms with E-state index in [0.29, 0.717) is 0 Å². The van der Waals surface area contributed by atoms with Gasteiger partial charge < -0.3 is 4.74 Å². The minimum atomic E-state index is 0.869. The highest BCUT2D eigenvalue weighted by Gasteiger charge is 2.07. The number of hydrogen-bond acceptors (Lipinski definition) is 3. The summed E-state index contributed by atoms with van der Waals surface area (Å²) in [6, 6.07) is 16.3. The lowest BCUT2D eigenvalue weighted by Gasteiger charge is -2.01. The normalized spacial score (nSPS) is 10.6. The van der Waals surface area contributed by atoms with Gasteiger partial charge in [-0.1, -0.05) is 18.2 Å². The van der Waals surface area contributed by atoms with Crippen LogP contribution in [0.2, 0.25) is 0 Å². The number of benzene rings is 2. The first-order valence-electron chi connectivity index (χ1n) is 5.37. The molecule has 0 unspecified atom stereocenters. The Balaban J connectivity index is 2.13. The molecule has 0 aliphatic heterocycles. The van der Waals surface area contributed by atoms with Gasteiger partial charge in [0.15, 0.2) is 0 Å². The summed E-state index contributed by atoms with van der Waals surface area (Å²) in [6.07, 6.45) is 0. The van der Waals surface area contributed by atoms with Crippen molar-refractivity contribution in [1.29, 1.82) is 0 Å². The molecule has 0 fully saturated rings. The van der Waals surface area contributed by atoms with Crippen LogP contribution < -0.4 is 4.74 Å². The highest BCUT2D eigenvalue weighted by atomic mass is 32.1. The van der Waals surface area contributed by atoms with Gasteiger partial charge in [0.25, 0.3) is 0 Å². The van der Waals surface area contributed by atoms with E-state index in [1.165, 1.54) is 21.6 Å². The topological polar surface area (TPSA) is 22.1 Å². The van der Waals surface area contributed by atoms with Gasteiger partial charge in [-0.2, -0.15) is 4.37 Å². The van der Waals surface area contributed by atoms with Crippen LogP contribution in [0.3, 0.4) is 0 Å². The lowest BCUT2D eigenvalue weighted by Crippen LogP contribution is -1.82. The van der Waals surface area contributed by atoms with Crippen molar-refractivity contribution in [3.63, 3.8) is 0 Å². The molecule has 0 aliphatic rings. The van der Waals surface area contributed by atoms with Crippen LogP contribution in [0.5, 0.6) is 5.75 Å². The molecule has 0 atom stereocenters. The SMILES string of the molecule is COc1ccc(-c2nsc3ccccc23)cc1. The molecule has 1 aromatic heterocycles. The summed E-state index contributed by atoms with van der Waals surface area (Å²) in [5.41, 5.74) is 2.18. The second-order valence-corrected chi connectivity index (χ2v) is 4.56. The third-order valence-electron chi connectivity index (χ3n) is 2.74. The first-order valence-corrected chi connectivity index (χ1v) is 6.14. The van der Waals surface area contributed by atoms with Crippen molar-refractivity contribution in [2.45, 2.75) is 0 Å². The minimum absolute atomic E-state index is 0.869. The smallest absolute Gasteiger partial charge is 0.118 e. The molecule has 0 N–H and O–H groups in total. The second-order valence-electron chi connectivity index (χ2n) is 3.76. The summed E-state index contributed by atoms with van der Waals surface area (Å²) in [6.45, 7) is 0. The van der Waals surface area contributed by atoms with Gasteiger partial charge >= 0.3 is 0 Å². The van der Waals surface area contributed by atoms with Crippen LogP contribution in [0.25, 0.3) is 21.3 Å². The van der Waals surface area contributed by atoms with Gasteiger partial charge in [-0.05, 0) is 41.9 Å². The summed E-state index contributed by atoms with van der Waals surface area (Å²) >= 11 is 1.54. The fraction of sp³-hybridized carbons (Fsp3) is 0.0714. The number of rotatable bonds is 2. The molecule has 1 heterocycles. The number of aromatic nitrogens is 1. The summed E-state index contributed by atoms with van der Waals surface area (Å²) in [4.78, 5) is 0. The predicted octanol–water partition coefficient (Wildman–Crippen LogP) is 3.97. The van der Waals surface area contributed by atoms with Crippen molar-refractivity contribution in [3.05, 3.63) is 48.5 Å². The van der Waals surface area contributed by atoms with Gasteiger partial charge in [0, 0.05) is 10.9 Å². The molecule has 3 heteroatoms. The summed E-state index contributed by atoms with van der Waals surface area (Å²) in [5.74, 6) is 0.869. The van der Waals surface area contributed by atoms with Gasteiger partial charge in [0.1, 0.15) is 5.75 Å². The van der Waals surface area contributed by atoms with Crippen LogP contribution in [0.15, 0.2) is 48.5 Å². The summed E-state index contributed by atoms with van der Waals surface area (Å²) in [7, 11) is 1.67. The van der Waals surface area contributed by atoms with Gasteiger partial charge in [0.2, 0.25) is 0 Å². The maximum absolute atomic E-state index is 5.16. The van der Waals surface area contributed by atoms with E-state index >= 15 is 0 Å². The molecule has 0 radical (unpaired) electrons. The molecule has 0 spiro atoms. The highest BCUT2D eigenvalue weighted by molar-refractivity contribution is 7.13. The van der Waals surface area contributed by atoms with Crippen LogP contribution in [0.4, 0.5) is 0 Å². The molecular weight excluding hydrogens is 230 g/mol. The maximum atomic E-state index is 5.16. The van der Waals surface area contributed by atoms with Gasteiger partial charge in [-0.25, -0.2) is 0 Å². The molecule has 3 aromatic rings. The van der Waals surface area contributed by atoms with Crippen molar-refractivity contribution in [3.8, 4) is 17.0 Å². The monoisotopic (exact) mass is 241 g/mol. The predicted molar refractivity (Wildman–Crippen MR) is 71.6 cm³/mol. The standard InChI is InChI=1S/C14H11NOS/c1-16-11-8-6-10(7-9-11)14-12-4-2-3-5-13(12)17-15-14/h2-9H,1H3. The van der Waals surface area contributed by atoms with Crippen molar-refractivity contribution >= 4 is 21.6 Å². The quantitative estimate of drug-likeness (QED) is 0.677. The molecule has 2 nitrogen and oxygen atoms in total. The molecule has 0 saturated heterocycles. The molecule has 3 rings (SSSR count). The Bertz CT molecular complexity index is 643. The Labute approximate surface area is 104 Å². The van der Waals surface area contributed by atoms with Crippen molar-refractivity contribution in [2.24, 2.45) is 0 Å². The number of methoxy groups -OCH3 is 1. The van der Waals surface area contributed by atoms with Crippen LogP contribution >= 0.6 is 11.5 Å². The Kier molecular flexibility index (Phi) is 2.53. The van der Waals surface area contributed by atoms with Crippen LogP contribution in [0.1, 0.15) is 0 Å². The largest absolute Gasteiger partial charge is 0.497 e. The molecule has 84 valence electrons. The van der Waals surface area contributed by atoms with E-state index in [4.69, 9.17) is 4.74 Å². The van der Waals surface area contributed by atoms with E-state index < -0.39 is 0 Å². The third-order valence-corrected chi connectivity index (χ3v) is 3.57. The Morgan fingerprint density at radius 3 is 2.53 bits per heavy atom. The third kappa shape index (κ3) is 1.78. The Hall–Kier alpha value is -1.87. The van der Waals surface area contributed by atoms with E-state index in [-0.39, 0.29) is 0 Å². The zero-order valence-corrected chi connectivity index (χ0v) is 10.2. The van der Waals surface area contributed by atoms with Crippen molar-refractivity contribution in [2.75, 3.05) is 7.11 Å². The molecule has 0 amide bonds. The molecule has 0 bridgehead atoms. The Morgan fingerprint density at radius 2 is 1.76 bits per heavy atom. The summed E-state index contributed by atoms with van der Waals surface area (Å²) < 4.78 is 10.9. The van der Waals surface area contributed by atoms with Crippen LogP contribution in [-0.4, -0.2) is 11.5 Å². The average molecular weight is 241 g/mol. The molecule has 0 aliphatic carbocycles. The lowest BCUT2D eigenvalue weighted by molar-refractivity contribution is 0.415. The van der Waals surface area contributed by atoms with E-state index in [1.807, 2.05) is 36.4 Å². The number of fused-ring (bicyclic) bond motifs is 1. The lowest BCUT2D eigenvalue weighted by atomic mass is 10.1. The molecule has 0 saturated carbocycles. The fourth-order valence-electron chi connectivity index (χ4n) is 1.84. The first-order chi connectivity index (χ1) is 8.38. The van der Waals surface area contributed by atoms with E-state index in [2.05, 4.69) is 16.5 Å². The highest BCUT2D eigenvalue weighted by Crippen LogP contribution is 2.31. The number of nitrogens with zero attached hydrogens (tertiary/aromatic N) is 1. The zero-order valence-electron chi connectivity index (χ0n) is 9.38. The maximum Gasteiger partial charge on any atom is 0.118 e. The summed E-state index contributed by atoms with van der Waals surface area (Å²) in [5, 5.41) is 1.21.